The molecule has 0 unspecified atom stereocenters. The molecule has 0 fully saturated rings. The van der Waals surface area contributed by atoms with Crippen molar-refractivity contribution in [2.75, 3.05) is 13.2 Å². The van der Waals surface area contributed by atoms with Gasteiger partial charge in [-0.3, -0.25) is 9.59 Å². The summed E-state index contributed by atoms with van der Waals surface area (Å²) in [7, 11) is 0. The van der Waals surface area contributed by atoms with Crippen LogP contribution in [0, 0.1) is 13.8 Å². The van der Waals surface area contributed by atoms with Gasteiger partial charge in [0.15, 0.2) is 6.61 Å². The minimum Gasteiger partial charge on any atom is -0.483 e. The van der Waals surface area contributed by atoms with Crippen LogP contribution in [0.15, 0.2) is 72.8 Å². The third-order valence-electron chi connectivity index (χ3n) is 5.58. The molecule has 34 heavy (non-hydrogen) atoms. The van der Waals surface area contributed by atoms with Crippen molar-refractivity contribution < 1.29 is 14.3 Å². The lowest BCUT2D eigenvalue weighted by Crippen LogP contribution is -2.51. The van der Waals surface area contributed by atoms with Crippen LogP contribution in [-0.2, 0) is 22.6 Å². The van der Waals surface area contributed by atoms with E-state index in [0.717, 1.165) is 22.3 Å². The number of nitrogens with zero attached hydrogens (tertiary/aromatic N) is 1. The van der Waals surface area contributed by atoms with Gasteiger partial charge in [0, 0.05) is 24.5 Å². The van der Waals surface area contributed by atoms with Crippen molar-refractivity contribution in [2.45, 2.75) is 39.8 Å². The smallest absolute Gasteiger partial charge is 0.261 e. The SMILES string of the molecule is CCNC(=O)[C@@H](Cc1ccccc1)N(Cc1ccc(Cl)cc1)C(=O)COc1cc(C)ccc1C. The first-order valence-corrected chi connectivity index (χ1v) is 11.8. The molecule has 0 aliphatic rings. The fraction of sp³-hybridized carbons (Fsp3) is 0.286. The largest absolute Gasteiger partial charge is 0.483 e. The number of halogens is 1. The van der Waals surface area contributed by atoms with E-state index in [0.29, 0.717) is 23.7 Å². The first-order chi connectivity index (χ1) is 16.4. The van der Waals surface area contributed by atoms with Crippen molar-refractivity contribution in [3.05, 3.63) is 100 Å². The molecule has 0 radical (unpaired) electrons. The first kappa shape index (κ1) is 25.3. The summed E-state index contributed by atoms with van der Waals surface area (Å²) >= 11 is 6.05. The van der Waals surface area contributed by atoms with Crippen LogP contribution >= 0.6 is 11.6 Å². The quantitative estimate of drug-likeness (QED) is 0.440. The number of amides is 2. The van der Waals surface area contributed by atoms with E-state index in [1.54, 1.807) is 17.0 Å². The van der Waals surface area contributed by atoms with E-state index >= 15 is 0 Å². The number of carbonyl (C=O) groups is 2. The Kier molecular flexibility index (Phi) is 9.11. The molecule has 3 aromatic rings. The second-order valence-electron chi connectivity index (χ2n) is 8.31. The highest BCUT2D eigenvalue weighted by atomic mass is 35.5. The van der Waals surface area contributed by atoms with Crippen molar-refractivity contribution in [2.24, 2.45) is 0 Å². The zero-order valence-electron chi connectivity index (χ0n) is 19.9. The number of hydrogen-bond acceptors (Lipinski definition) is 3. The number of ether oxygens (including phenoxy) is 1. The van der Waals surface area contributed by atoms with Crippen molar-refractivity contribution in [3.63, 3.8) is 0 Å². The van der Waals surface area contributed by atoms with Crippen LogP contribution in [0.4, 0.5) is 0 Å². The lowest BCUT2D eigenvalue weighted by Gasteiger charge is -2.31. The van der Waals surface area contributed by atoms with E-state index in [4.69, 9.17) is 16.3 Å². The molecule has 0 aliphatic heterocycles. The number of nitrogens with one attached hydrogen (secondary N) is 1. The molecule has 5 nitrogen and oxygen atoms in total. The number of carbonyl (C=O) groups excluding carboxylic acids is 2. The molecule has 0 aromatic heterocycles. The Morgan fingerprint density at radius 3 is 2.35 bits per heavy atom. The summed E-state index contributed by atoms with van der Waals surface area (Å²) in [6.07, 6.45) is 0.398. The predicted octanol–water partition coefficient (Wildman–Crippen LogP) is 5.11. The molecular formula is C28H31ClN2O3. The summed E-state index contributed by atoms with van der Waals surface area (Å²) < 4.78 is 5.91. The van der Waals surface area contributed by atoms with E-state index in [2.05, 4.69) is 5.32 Å². The normalized spacial score (nSPS) is 11.5. The summed E-state index contributed by atoms with van der Waals surface area (Å²) in [5, 5.41) is 3.51. The lowest BCUT2D eigenvalue weighted by molar-refractivity contribution is -0.142. The zero-order valence-corrected chi connectivity index (χ0v) is 20.6. The summed E-state index contributed by atoms with van der Waals surface area (Å²) in [6.45, 7) is 6.37. The third-order valence-corrected chi connectivity index (χ3v) is 5.84. The molecule has 3 aromatic carbocycles. The standard InChI is InChI=1S/C28H31ClN2O3/c1-4-30-28(33)25(17-22-8-6-5-7-9-22)31(18-23-12-14-24(29)15-13-23)27(32)19-34-26-16-20(2)10-11-21(26)3/h5-16,25H,4,17-19H2,1-3H3,(H,30,33)/t25-/m1/s1. The second-order valence-corrected chi connectivity index (χ2v) is 8.74. The van der Waals surface area contributed by atoms with Gasteiger partial charge in [-0.1, -0.05) is 66.2 Å². The Bertz CT molecular complexity index is 1100. The van der Waals surface area contributed by atoms with Gasteiger partial charge in [-0.25, -0.2) is 0 Å². The fourth-order valence-electron chi connectivity index (χ4n) is 3.72. The average Bonchev–Trinajstić information content (AvgIpc) is 2.83. The van der Waals surface area contributed by atoms with Crippen molar-refractivity contribution in [3.8, 4) is 5.75 Å². The molecule has 0 aliphatic carbocycles. The Morgan fingerprint density at radius 2 is 1.68 bits per heavy atom. The van der Waals surface area contributed by atoms with Crippen LogP contribution < -0.4 is 10.1 Å². The third kappa shape index (κ3) is 7.09. The van der Waals surface area contributed by atoms with Gasteiger partial charge in [0.2, 0.25) is 5.91 Å². The maximum atomic E-state index is 13.5. The summed E-state index contributed by atoms with van der Waals surface area (Å²) in [6, 6.07) is 22.2. The van der Waals surface area contributed by atoms with Crippen LogP contribution in [0.3, 0.4) is 0 Å². The Labute approximate surface area is 206 Å². The lowest BCUT2D eigenvalue weighted by atomic mass is 10.0. The molecule has 6 heteroatoms. The monoisotopic (exact) mass is 478 g/mol. The molecule has 0 bridgehead atoms. The molecule has 3 rings (SSSR count). The average molecular weight is 479 g/mol. The Balaban J connectivity index is 1.90. The number of rotatable bonds is 10. The Morgan fingerprint density at radius 1 is 0.971 bits per heavy atom. The van der Waals surface area contributed by atoms with Gasteiger partial charge < -0.3 is 15.0 Å². The fourth-order valence-corrected chi connectivity index (χ4v) is 3.84. The van der Waals surface area contributed by atoms with Gasteiger partial charge in [0.25, 0.3) is 5.91 Å². The van der Waals surface area contributed by atoms with Crippen molar-refractivity contribution in [1.29, 1.82) is 0 Å². The van der Waals surface area contributed by atoms with Crippen LogP contribution in [0.25, 0.3) is 0 Å². The maximum Gasteiger partial charge on any atom is 0.261 e. The molecule has 0 heterocycles. The van der Waals surface area contributed by atoms with E-state index in [1.807, 2.05) is 81.4 Å². The zero-order chi connectivity index (χ0) is 24.5. The number of benzene rings is 3. The van der Waals surface area contributed by atoms with E-state index in [-0.39, 0.29) is 25.0 Å². The molecule has 1 N–H and O–H groups in total. The number of hydrogen-bond donors (Lipinski definition) is 1. The molecule has 1 atom stereocenters. The first-order valence-electron chi connectivity index (χ1n) is 11.4. The number of aryl methyl sites for hydroxylation is 2. The van der Waals surface area contributed by atoms with Crippen LogP contribution in [0.5, 0.6) is 5.75 Å². The molecule has 0 spiro atoms. The van der Waals surface area contributed by atoms with E-state index in [9.17, 15) is 9.59 Å². The minimum atomic E-state index is -0.687. The van der Waals surface area contributed by atoms with Gasteiger partial charge in [-0.05, 0) is 61.2 Å². The van der Waals surface area contributed by atoms with Crippen LogP contribution in [0.2, 0.25) is 5.02 Å². The molecule has 2 amide bonds. The van der Waals surface area contributed by atoms with E-state index in [1.165, 1.54) is 0 Å². The molecule has 0 saturated heterocycles. The Hall–Kier alpha value is -3.31. The van der Waals surface area contributed by atoms with Gasteiger partial charge in [-0.2, -0.15) is 0 Å². The van der Waals surface area contributed by atoms with Crippen molar-refractivity contribution in [1.82, 2.24) is 10.2 Å². The molecule has 178 valence electrons. The topological polar surface area (TPSA) is 58.6 Å². The minimum absolute atomic E-state index is 0.164. The molecule has 0 saturated carbocycles. The highest BCUT2D eigenvalue weighted by Crippen LogP contribution is 2.21. The number of likely N-dealkylation sites (N-methyl/N-ethyl adjacent to an activating group) is 1. The highest BCUT2D eigenvalue weighted by molar-refractivity contribution is 6.30. The predicted molar refractivity (Wildman–Crippen MR) is 136 cm³/mol. The maximum absolute atomic E-state index is 13.5. The van der Waals surface area contributed by atoms with Gasteiger partial charge >= 0.3 is 0 Å². The van der Waals surface area contributed by atoms with Gasteiger partial charge in [0.1, 0.15) is 11.8 Å². The van der Waals surface area contributed by atoms with Gasteiger partial charge in [-0.15, -0.1) is 0 Å². The highest BCUT2D eigenvalue weighted by Gasteiger charge is 2.30. The summed E-state index contributed by atoms with van der Waals surface area (Å²) in [5.41, 5.74) is 3.86. The van der Waals surface area contributed by atoms with Gasteiger partial charge in [0.05, 0.1) is 0 Å². The summed E-state index contributed by atoms with van der Waals surface area (Å²) in [5.74, 6) is 0.209. The van der Waals surface area contributed by atoms with Crippen LogP contribution in [-0.4, -0.2) is 35.9 Å². The van der Waals surface area contributed by atoms with E-state index < -0.39 is 6.04 Å². The second kappa shape index (κ2) is 12.2. The van der Waals surface area contributed by atoms with Crippen LogP contribution in [0.1, 0.15) is 29.2 Å². The van der Waals surface area contributed by atoms with Crippen molar-refractivity contribution >= 4 is 23.4 Å². The molecular weight excluding hydrogens is 448 g/mol. The summed E-state index contributed by atoms with van der Waals surface area (Å²) in [4.78, 5) is 28.3.